The Morgan fingerprint density at radius 2 is 2.26 bits per heavy atom. The van der Waals surface area contributed by atoms with E-state index in [0.29, 0.717) is 12.5 Å². The van der Waals surface area contributed by atoms with Crippen LogP contribution in [0.25, 0.3) is 0 Å². The molecule has 102 valence electrons. The maximum atomic E-state index is 13.8. The highest BCUT2D eigenvalue weighted by Gasteiger charge is 2.38. The monoisotopic (exact) mass is 264 g/mol. The lowest BCUT2D eigenvalue weighted by Gasteiger charge is -2.37. The van der Waals surface area contributed by atoms with Crippen molar-refractivity contribution in [1.29, 1.82) is 0 Å². The summed E-state index contributed by atoms with van der Waals surface area (Å²) in [5.41, 5.74) is 0.0466. The smallest absolute Gasteiger partial charge is 0.257 e. The summed E-state index contributed by atoms with van der Waals surface area (Å²) in [6.07, 6.45) is 2.09. The molecule has 2 heterocycles. The second-order valence-electron chi connectivity index (χ2n) is 5.29. The van der Waals surface area contributed by atoms with Crippen LogP contribution in [0.3, 0.4) is 0 Å². The van der Waals surface area contributed by atoms with Crippen molar-refractivity contribution in [3.05, 3.63) is 29.6 Å². The average Bonchev–Trinajstić information content (AvgIpc) is 2.86. The second kappa shape index (κ2) is 4.81. The van der Waals surface area contributed by atoms with E-state index in [0.717, 1.165) is 32.0 Å². The lowest BCUT2D eigenvalue weighted by molar-refractivity contribution is 0.0570. The molecule has 2 aliphatic heterocycles. The fraction of sp³-hybridized carbons (Fsp3) is 0.500. The zero-order valence-corrected chi connectivity index (χ0v) is 10.6. The van der Waals surface area contributed by atoms with Crippen LogP contribution in [0, 0.1) is 11.7 Å². The SMILES string of the molecule is O=C(c1ccc(O)cc1F)N1CCCC2CNCC21. The molecule has 19 heavy (non-hydrogen) atoms. The van der Waals surface area contributed by atoms with Crippen molar-refractivity contribution in [3.63, 3.8) is 0 Å². The molecule has 1 amide bonds. The summed E-state index contributed by atoms with van der Waals surface area (Å²) in [5.74, 6) is -0.597. The topological polar surface area (TPSA) is 52.6 Å². The number of phenols is 1. The van der Waals surface area contributed by atoms with Gasteiger partial charge in [-0.3, -0.25) is 4.79 Å². The number of phenolic OH excluding ortho intramolecular Hbond substituents is 1. The van der Waals surface area contributed by atoms with E-state index in [2.05, 4.69) is 5.32 Å². The Morgan fingerprint density at radius 3 is 3.05 bits per heavy atom. The Balaban J connectivity index is 1.86. The van der Waals surface area contributed by atoms with Crippen LogP contribution in [0.5, 0.6) is 5.75 Å². The van der Waals surface area contributed by atoms with Crippen molar-refractivity contribution < 1.29 is 14.3 Å². The van der Waals surface area contributed by atoms with Crippen molar-refractivity contribution >= 4 is 5.91 Å². The molecule has 5 heteroatoms. The van der Waals surface area contributed by atoms with Crippen LogP contribution in [0.15, 0.2) is 18.2 Å². The first-order valence-electron chi connectivity index (χ1n) is 6.67. The summed E-state index contributed by atoms with van der Waals surface area (Å²) in [5, 5.41) is 12.5. The maximum absolute atomic E-state index is 13.8. The Morgan fingerprint density at radius 1 is 1.42 bits per heavy atom. The Hall–Kier alpha value is -1.62. The van der Waals surface area contributed by atoms with Gasteiger partial charge in [0.1, 0.15) is 11.6 Å². The van der Waals surface area contributed by atoms with Gasteiger partial charge in [0, 0.05) is 31.7 Å². The molecule has 0 aromatic heterocycles. The number of fused-ring (bicyclic) bond motifs is 1. The molecule has 2 unspecified atom stereocenters. The number of hydrogen-bond donors (Lipinski definition) is 2. The summed E-state index contributed by atoms with van der Waals surface area (Å²) < 4.78 is 13.8. The maximum Gasteiger partial charge on any atom is 0.257 e. The van der Waals surface area contributed by atoms with Crippen molar-refractivity contribution in [2.75, 3.05) is 19.6 Å². The quantitative estimate of drug-likeness (QED) is 0.805. The van der Waals surface area contributed by atoms with Crippen LogP contribution in [0.4, 0.5) is 4.39 Å². The first-order valence-corrected chi connectivity index (χ1v) is 6.67. The number of carbonyl (C=O) groups excluding carboxylic acids is 1. The van der Waals surface area contributed by atoms with E-state index < -0.39 is 5.82 Å². The number of aromatic hydroxyl groups is 1. The fourth-order valence-electron chi connectivity index (χ4n) is 3.15. The molecule has 1 aromatic rings. The van der Waals surface area contributed by atoms with Gasteiger partial charge in [-0.2, -0.15) is 0 Å². The molecule has 2 fully saturated rings. The molecule has 0 spiro atoms. The third-order valence-corrected chi connectivity index (χ3v) is 4.12. The number of likely N-dealkylation sites (tertiary alicyclic amines) is 1. The van der Waals surface area contributed by atoms with E-state index in [9.17, 15) is 14.3 Å². The van der Waals surface area contributed by atoms with Crippen LogP contribution in [-0.2, 0) is 0 Å². The number of nitrogens with zero attached hydrogens (tertiary/aromatic N) is 1. The largest absolute Gasteiger partial charge is 0.508 e. The van der Waals surface area contributed by atoms with Crippen molar-refractivity contribution in [2.45, 2.75) is 18.9 Å². The highest BCUT2D eigenvalue weighted by atomic mass is 19.1. The van der Waals surface area contributed by atoms with Gasteiger partial charge < -0.3 is 15.3 Å². The van der Waals surface area contributed by atoms with Crippen LogP contribution in [0.2, 0.25) is 0 Å². The van der Waals surface area contributed by atoms with Crippen LogP contribution < -0.4 is 5.32 Å². The molecule has 0 saturated carbocycles. The molecule has 0 aliphatic carbocycles. The van der Waals surface area contributed by atoms with E-state index in [1.54, 1.807) is 4.90 Å². The molecule has 0 radical (unpaired) electrons. The summed E-state index contributed by atoms with van der Waals surface area (Å²) in [4.78, 5) is 14.2. The first kappa shape index (κ1) is 12.4. The number of benzene rings is 1. The minimum Gasteiger partial charge on any atom is -0.508 e. The summed E-state index contributed by atoms with van der Waals surface area (Å²) in [6, 6.07) is 3.88. The number of carbonyl (C=O) groups is 1. The van der Waals surface area contributed by atoms with E-state index in [1.807, 2.05) is 0 Å². The van der Waals surface area contributed by atoms with Crippen molar-refractivity contribution in [1.82, 2.24) is 10.2 Å². The molecule has 2 saturated heterocycles. The molecular weight excluding hydrogens is 247 g/mol. The number of halogens is 1. The lowest BCUT2D eigenvalue weighted by atomic mass is 9.91. The van der Waals surface area contributed by atoms with E-state index in [4.69, 9.17) is 0 Å². The van der Waals surface area contributed by atoms with E-state index in [-0.39, 0.29) is 23.3 Å². The van der Waals surface area contributed by atoms with Gasteiger partial charge in [-0.05, 0) is 30.9 Å². The normalized spacial score (nSPS) is 26.3. The van der Waals surface area contributed by atoms with E-state index >= 15 is 0 Å². The molecule has 3 rings (SSSR count). The average molecular weight is 264 g/mol. The van der Waals surface area contributed by atoms with Gasteiger partial charge in [0.2, 0.25) is 0 Å². The third kappa shape index (κ3) is 2.18. The zero-order valence-electron chi connectivity index (χ0n) is 10.6. The number of piperidine rings is 1. The molecule has 4 nitrogen and oxygen atoms in total. The van der Waals surface area contributed by atoms with Gasteiger partial charge in [0.25, 0.3) is 5.91 Å². The standard InChI is InChI=1S/C14H17FN2O2/c15-12-6-10(18)3-4-11(12)14(19)17-5-1-2-9-7-16-8-13(9)17/h3-4,6,9,13,16,18H,1-2,5,7-8H2. The molecular formula is C14H17FN2O2. The molecule has 0 bridgehead atoms. The van der Waals surface area contributed by atoms with Gasteiger partial charge in [0.15, 0.2) is 0 Å². The number of rotatable bonds is 1. The third-order valence-electron chi connectivity index (χ3n) is 4.12. The highest BCUT2D eigenvalue weighted by Crippen LogP contribution is 2.28. The second-order valence-corrected chi connectivity index (χ2v) is 5.29. The predicted octanol–water partition coefficient (Wildman–Crippen LogP) is 1.36. The molecule has 2 atom stereocenters. The molecule has 2 aliphatic rings. The summed E-state index contributed by atoms with van der Waals surface area (Å²) >= 11 is 0. The fourth-order valence-corrected chi connectivity index (χ4v) is 3.15. The van der Waals surface area contributed by atoms with Crippen LogP contribution in [0.1, 0.15) is 23.2 Å². The number of nitrogens with one attached hydrogen (secondary N) is 1. The molecule has 2 N–H and O–H groups in total. The zero-order chi connectivity index (χ0) is 13.4. The Labute approximate surface area is 111 Å². The van der Waals surface area contributed by atoms with Crippen LogP contribution in [-0.4, -0.2) is 41.6 Å². The van der Waals surface area contributed by atoms with Gasteiger partial charge in [-0.25, -0.2) is 4.39 Å². The molecule has 1 aromatic carbocycles. The summed E-state index contributed by atoms with van der Waals surface area (Å²) in [7, 11) is 0. The Kier molecular flexibility index (Phi) is 3.14. The number of amides is 1. The van der Waals surface area contributed by atoms with E-state index in [1.165, 1.54) is 12.1 Å². The van der Waals surface area contributed by atoms with Gasteiger partial charge in [0.05, 0.1) is 5.56 Å². The summed E-state index contributed by atoms with van der Waals surface area (Å²) in [6.45, 7) is 2.41. The highest BCUT2D eigenvalue weighted by molar-refractivity contribution is 5.95. The lowest BCUT2D eigenvalue weighted by Crippen LogP contribution is -2.48. The minimum atomic E-state index is -0.655. The Bertz CT molecular complexity index is 506. The number of hydrogen-bond acceptors (Lipinski definition) is 3. The van der Waals surface area contributed by atoms with Gasteiger partial charge in [-0.15, -0.1) is 0 Å². The first-order chi connectivity index (χ1) is 9.16. The van der Waals surface area contributed by atoms with Crippen molar-refractivity contribution in [2.24, 2.45) is 5.92 Å². The van der Waals surface area contributed by atoms with Gasteiger partial charge in [-0.1, -0.05) is 0 Å². The van der Waals surface area contributed by atoms with Crippen LogP contribution >= 0.6 is 0 Å². The van der Waals surface area contributed by atoms with Gasteiger partial charge >= 0.3 is 0 Å². The predicted molar refractivity (Wildman–Crippen MR) is 68.5 cm³/mol. The minimum absolute atomic E-state index is 0.0466. The van der Waals surface area contributed by atoms with Crippen molar-refractivity contribution in [3.8, 4) is 5.75 Å².